The number of benzene rings is 3. The number of ether oxygens (including phenoxy) is 1. The van der Waals surface area contributed by atoms with Crippen LogP contribution in [0.1, 0.15) is 38.4 Å². The van der Waals surface area contributed by atoms with Crippen molar-refractivity contribution in [3.8, 4) is 11.4 Å². The van der Waals surface area contributed by atoms with E-state index in [9.17, 15) is 35.5 Å². The van der Waals surface area contributed by atoms with Gasteiger partial charge in [-0.2, -0.15) is 26.3 Å². The molecule has 0 aliphatic carbocycles. The van der Waals surface area contributed by atoms with Crippen molar-refractivity contribution >= 4 is 11.6 Å². The summed E-state index contributed by atoms with van der Waals surface area (Å²) in [6.07, 6.45) is -9.45. The topological polar surface area (TPSA) is 43.3 Å². The molecule has 11 heteroatoms. The third-order valence-corrected chi connectivity index (χ3v) is 6.00. The van der Waals surface area contributed by atoms with Gasteiger partial charge in [-0.05, 0) is 50.2 Å². The third kappa shape index (κ3) is 5.92. The van der Waals surface area contributed by atoms with Gasteiger partial charge >= 0.3 is 12.4 Å². The Kier molecular flexibility index (Phi) is 7.45. The predicted octanol–water partition coefficient (Wildman–Crippen LogP) is 8.10. The number of hydrogen-bond donors (Lipinski definition) is 1. The van der Waals surface area contributed by atoms with Crippen molar-refractivity contribution in [3.63, 3.8) is 0 Å². The number of aromatic nitrogens is 1. The van der Waals surface area contributed by atoms with E-state index >= 15 is 0 Å². The van der Waals surface area contributed by atoms with Gasteiger partial charge < -0.3 is 14.6 Å². The summed E-state index contributed by atoms with van der Waals surface area (Å²) in [4.78, 5) is 13.0. The first-order chi connectivity index (χ1) is 18.3. The van der Waals surface area contributed by atoms with E-state index in [1.807, 2.05) is 0 Å². The zero-order valence-electron chi connectivity index (χ0n) is 20.5. The number of nitrogens with one attached hydrogen (secondary N) is 1. The van der Waals surface area contributed by atoms with Crippen molar-refractivity contribution in [1.82, 2.24) is 4.57 Å². The predicted molar refractivity (Wildman–Crippen MR) is 130 cm³/mol. The summed E-state index contributed by atoms with van der Waals surface area (Å²) in [7, 11) is 0. The van der Waals surface area contributed by atoms with Crippen LogP contribution in [-0.4, -0.2) is 10.5 Å². The molecule has 4 aromatic rings. The second kappa shape index (κ2) is 10.5. The molecule has 0 atom stereocenters. The number of carbonyl (C=O) groups excluding carboxylic acids is 1. The van der Waals surface area contributed by atoms with Crippen molar-refractivity contribution in [2.24, 2.45) is 0 Å². The Morgan fingerprint density at radius 1 is 0.846 bits per heavy atom. The van der Waals surface area contributed by atoms with E-state index in [1.165, 1.54) is 66.1 Å². The molecule has 0 saturated heterocycles. The highest BCUT2D eigenvalue weighted by atomic mass is 19.4. The molecule has 0 fully saturated rings. The number of halogens is 7. The van der Waals surface area contributed by atoms with Crippen LogP contribution < -0.4 is 10.1 Å². The van der Waals surface area contributed by atoms with Crippen LogP contribution in [0.15, 0.2) is 72.8 Å². The number of carbonyl (C=O) groups is 1. The van der Waals surface area contributed by atoms with Gasteiger partial charge in [-0.25, -0.2) is 4.39 Å². The van der Waals surface area contributed by atoms with E-state index in [4.69, 9.17) is 4.74 Å². The molecule has 0 radical (unpaired) electrons. The van der Waals surface area contributed by atoms with Crippen LogP contribution in [0.5, 0.6) is 5.75 Å². The fourth-order valence-corrected chi connectivity index (χ4v) is 4.21. The maximum Gasteiger partial charge on any atom is 0.419 e. The van der Waals surface area contributed by atoms with E-state index in [0.29, 0.717) is 11.8 Å². The van der Waals surface area contributed by atoms with Crippen molar-refractivity contribution in [2.75, 3.05) is 5.32 Å². The van der Waals surface area contributed by atoms with Gasteiger partial charge in [0.05, 0.1) is 22.4 Å². The van der Waals surface area contributed by atoms with E-state index in [0.717, 1.165) is 12.1 Å². The minimum atomic E-state index is -4.85. The lowest BCUT2D eigenvalue weighted by Gasteiger charge is -2.17. The van der Waals surface area contributed by atoms with Crippen LogP contribution in [-0.2, 0) is 19.0 Å². The van der Waals surface area contributed by atoms with Crippen LogP contribution in [0.25, 0.3) is 5.69 Å². The summed E-state index contributed by atoms with van der Waals surface area (Å²) in [5.41, 5.74) is -1.57. The number of hydrogen-bond acceptors (Lipinski definition) is 2. The number of rotatable bonds is 6. The largest absolute Gasteiger partial charge is 0.489 e. The molecule has 39 heavy (non-hydrogen) atoms. The first-order valence-electron chi connectivity index (χ1n) is 11.5. The summed E-state index contributed by atoms with van der Waals surface area (Å²) in [6.45, 7) is 2.61. The Morgan fingerprint density at radius 2 is 1.49 bits per heavy atom. The van der Waals surface area contributed by atoms with Gasteiger partial charge in [0.2, 0.25) is 0 Å². The number of para-hydroxylation sites is 1. The molecule has 1 aromatic heterocycles. The number of alkyl halides is 6. The quantitative estimate of drug-likeness (QED) is 0.247. The minimum Gasteiger partial charge on any atom is -0.489 e. The molecule has 0 aliphatic rings. The molecule has 1 amide bonds. The maximum absolute atomic E-state index is 14.3. The van der Waals surface area contributed by atoms with Gasteiger partial charge in [-0.15, -0.1) is 0 Å². The third-order valence-electron chi connectivity index (χ3n) is 6.00. The van der Waals surface area contributed by atoms with Gasteiger partial charge in [0, 0.05) is 28.7 Å². The zero-order valence-corrected chi connectivity index (χ0v) is 20.5. The maximum atomic E-state index is 14.3. The fraction of sp³-hybridized carbons (Fsp3) is 0.179. The average Bonchev–Trinajstić information content (AvgIpc) is 3.16. The van der Waals surface area contributed by atoms with Crippen LogP contribution in [0.3, 0.4) is 0 Å². The molecule has 3 aromatic carbocycles. The first kappa shape index (κ1) is 27.7. The van der Waals surface area contributed by atoms with Crippen molar-refractivity contribution in [1.29, 1.82) is 0 Å². The second-order valence-corrected chi connectivity index (χ2v) is 8.68. The van der Waals surface area contributed by atoms with Crippen LogP contribution in [0.4, 0.5) is 36.4 Å². The van der Waals surface area contributed by atoms with Crippen molar-refractivity contribution in [3.05, 3.63) is 112 Å². The van der Waals surface area contributed by atoms with Crippen LogP contribution in [0.2, 0.25) is 0 Å². The number of aryl methyl sites for hydroxylation is 1. The van der Waals surface area contributed by atoms with Gasteiger partial charge in [0.1, 0.15) is 18.2 Å². The van der Waals surface area contributed by atoms with Gasteiger partial charge in [0.15, 0.2) is 0 Å². The van der Waals surface area contributed by atoms with Crippen LogP contribution >= 0.6 is 0 Å². The molecular formula is C28H21F7N2O2. The highest BCUT2D eigenvalue weighted by Crippen LogP contribution is 2.36. The molecule has 0 bridgehead atoms. The molecular weight excluding hydrogens is 529 g/mol. The Labute approximate surface area is 218 Å². The monoisotopic (exact) mass is 550 g/mol. The van der Waals surface area contributed by atoms with E-state index in [2.05, 4.69) is 5.32 Å². The van der Waals surface area contributed by atoms with Gasteiger partial charge in [-0.3, -0.25) is 4.79 Å². The molecule has 4 nitrogen and oxygen atoms in total. The lowest BCUT2D eigenvalue weighted by Crippen LogP contribution is -2.15. The molecule has 0 aliphatic heterocycles. The van der Waals surface area contributed by atoms with E-state index in [-0.39, 0.29) is 33.9 Å². The number of amides is 1. The molecule has 204 valence electrons. The average molecular weight is 550 g/mol. The van der Waals surface area contributed by atoms with Gasteiger partial charge in [0.25, 0.3) is 5.91 Å². The fourth-order valence-electron chi connectivity index (χ4n) is 4.21. The van der Waals surface area contributed by atoms with Gasteiger partial charge in [-0.1, -0.05) is 30.3 Å². The van der Waals surface area contributed by atoms with E-state index < -0.39 is 41.8 Å². The molecule has 1 N–H and O–H groups in total. The smallest absolute Gasteiger partial charge is 0.419 e. The normalized spacial score (nSPS) is 11.9. The summed E-state index contributed by atoms with van der Waals surface area (Å²) in [6, 6.07) is 15.3. The highest BCUT2D eigenvalue weighted by molar-refractivity contribution is 6.05. The second-order valence-electron chi connectivity index (χ2n) is 8.68. The summed E-state index contributed by atoms with van der Waals surface area (Å²) in [5, 5.41) is 2.64. The molecule has 0 saturated carbocycles. The summed E-state index contributed by atoms with van der Waals surface area (Å²) >= 11 is 0. The van der Waals surface area contributed by atoms with Crippen LogP contribution in [0, 0.1) is 19.7 Å². The lowest BCUT2D eigenvalue weighted by molar-refractivity contribution is -0.140. The molecule has 0 spiro atoms. The number of nitrogens with zero attached hydrogens (tertiary/aromatic N) is 1. The molecule has 4 rings (SSSR count). The summed E-state index contributed by atoms with van der Waals surface area (Å²) < 4.78 is 101. The first-order valence-corrected chi connectivity index (χ1v) is 11.5. The standard InChI is InChI=1S/C28H21F7N2O2/c1-16-13-21(17(2)37(16)24-12-4-3-10-22(24)27(30,31)32)26(38)36-19-8-6-9-20(14-19)39-15-18-7-5-11-23(25(18)29)28(33,34)35/h3-14H,15H2,1-2H3,(H,36,38). The highest BCUT2D eigenvalue weighted by Gasteiger charge is 2.35. The Balaban J connectivity index is 1.53. The Hall–Kier alpha value is -4.28. The SMILES string of the molecule is Cc1cc(C(=O)Nc2cccc(OCc3cccc(C(F)(F)F)c3F)c2)c(C)n1-c1ccccc1C(F)(F)F. The summed E-state index contributed by atoms with van der Waals surface area (Å²) in [5.74, 6) is -1.88. The number of anilines is 1. The van der Waals surface area contributed by atoms with Crippen molar-refractivity contribution in [2.45, 2.75) is 32.8 Å². The Morgan fingerprint density at radius 3 is 2.18 bits per heavy atom. The zero-order chi connectivity index (χ0) is 28.5. The van der Waals surface area contributed by atoms with E-state index in [1.54, 1.807) is 6.92 Å². The Bertz CT molecular complexity index is 1520. The minimum absolute atomic E-state index is 0.115. The molecule has 0 unspecified atom stereocenters. The lowest BCUT2D eigenvalue weighted by atomic mass is 10.1. The van der Waals surface area contributed by atoms with Crippen molar-refractivity contribution < 1.29 is 40.3 Å². The molecule has 1 heterocycles.